The number of nitrogens with one attached hydrogen (secondary N) is 1. The van der Waals surface area contributed by atoms with Crippen LogP contribution in [0.2, 0.25) is 13.1 Å². The van der Waals surface area contributed by atoms with Crippen molar-refractivity contribution in [2.75, 3.05) is 6.54 Å². The number of carbonyl (C=O) groups is 2. The highest BCUT2D eigenvalue weighted by Crippen LogP contribution is 2.46. The second kappa shape index (κ2) is 10.5. The summed E-state index contributed by atoms with van der Waals surface area (Å²) in [5.41, 5.74) is -2.58. The normalized spacial score (nSPS) is 23.9. The number of likely N-dealkylation sites (tertiary alicyclic amines) is 1. The van der Waals surface area contributed by atoms with E-state index in [9.17, 15) is 9.59 Å². The van der Waals surface area contributed by atoms with Crippen LogP contribution < -0.4 is 5.32 Å². The molecule has 0 aromatic heterocycles. The first-order valence-electron chi connectivity index (χ1n) is 12.0. The molecule has 1 rings (SSSR count). The Labute approximate surface area is 201 Å². The number of hydrogen-bond acceptors (Lipinski definition) is 5. The lowest BCUT2D eigenvalue weighted by atomic mass is 9.78. The summed E-state index contributed by atoms with van der Waals surface area (Å²) in [6.45, 7) is 23.1. The monoisotopic (exact) mass is 490 g/mol. The van der Waals surface area contributed by atoms with Gasteiger partial charge in [-0.3, -0.25) is 4.90 Å². The van der Waals surface area contributed by atoms with Crippen LogP contribution in [0, 0.1) is 11.3 Å². The van der Waals surface area contributed by atoms with Crippen molar-refractivity contribution in [2.45, 2.75) is 124 Å². The van der Waals surface area contributed by atoms with E-state index in [-0.39, 0.29) is 17.8 Å². The number of alkyl carbamates (subject to hydrolysis) is 1. The largest absolute Gasteiger partial charge is 0.444 e. The molecule has 1 heterocycles. The average molecular weight is 491 g/mol. The Morgan fingerprint density at radius 3 is 2.00 bits per heavy atom. The SMILES string of the molecule is CC(NC(=O)OC(C)(C)C)C(F)C[C@]1(O[SiH](C)C)C[C@H](C(C)(C)C)CN1C(=O)OC(C)(C)C. The number of ether oxygens (including phenoxy) is 2. The van der Waals surface area contributed by atoms with Gasteiger partial charge in [-0.25, -0.2) is 14.0 Å². The molecule has 0 bridgehead atoms. The first-order valence-corrected chi connectivity index (χ1v) is 14.8. The quantitative estimate of drug-likeness (QED) is 0.489. The minimum atomic E-state index is -1.68. The van der Waals surface area contributed by atoms with Crippen molar-refractivity contribution in [3.05, 3.63) is 0 Å². The molecule has 1 aliphatic heterocycles. The first kappa shape index (κ1) is 29.7. The summed E-state index contributed by atoms with van der Waals surface area (Å²) in [4.78, 5) is 27.0. The average Bonchev–Trinajstić information content (AvgIpc) is 2.89. The van der Waals surface area contributed by atoms with Gasteiger partial charge in [-0.05, 0) is 79.3 Å². The molecule has 2 unspecified atom stereocenters. The summed E-state index contributed by atoms with van der Waals surface area (Å²) in [6, 6.07) is -0.816. The lowest BCUT2D eigenvalue weighted by Gasteiger charge is -2.42. The Morgan fingerprint density at radius 1 is 1.06 bits per heavy atom. The maximum absolute atomic E-state index is 15.6. The lowest BCUT2D eigenvalue weighted by Crippen LogP contribution is -2.55. The van der Waals surface area contributed by atoms with Crippen LogP contribution in [0.3, 0.4) is 0 Å². The minimum Gasteiger partial charge on any atom is -0.444 e. The van der Waals surface area contributed by atoms with Crippen LogP contribution in [-0.2, 0) is 13.9 Å². The molecule has 0 spiro atoms. The minimum absolute atomic E-state index is 0.0546. The highest BCUT2D eigenvalue weighted by atomic mass is 28.3. The zero-order valence-corrected chi connectivity index (χ0v) is 24.0. The molecule has 33 heavy (non-hydrogen) atoms. The van der Waals surface area contributed by atoms with Gasteiger partial charge < -0.3 is 19.2 Å². The second-order valence-corrected chi connectivity index (χ2v) is 15.0. The van der Waals surface area contributed by atoms with Crippen LogP contribution >= 0.6 is 0 Å². The predicted molar refractivity (Wildman–Crippen MR) is 132 cm³/mol. The van der Waals surface area contributed by atoms with E-state index < -0.39 is 50.4 Å². The Bertz CT molecular complexity index is 684. The molecule has 4 atom stereocenters. The third-order valence-corrected chi connectivity index (χ3v) is 6.46. The molecule has 1 fully saturated rings. The standard InChI is InChI=1S/C24H47FN2O5Si/c1-16(26-19(28)30-22(5,6)7)18(25)14-24(32-33(11)12)13-17(21(2,3)4)15-27(24)20(29)31-23(8,9)10/h16-18,33H,13-15H2,1-12H3,(H,26,28)/t16?,17-,18?,24+/m0/s1. The molecule has 0 saturated carbocycles. The van der Waals surface area contributed by atoms with Gasteiger partial charge in [-0.1, -0.05) is 20.8 Å². The molecular weight excluding hydrogens is 443 g/mol. The number of nitrogens with zero attached hydrogens (tertiary/aromatic N) is 1. The molecule has 7 nitrogen and oxygen atoms in total. The van der Waals surface area contributed by atoms with Crippen LogP contribution in [0.15, 0.2) is 0 Å². The molecular formula is C24H47FN2O5Si. The number of halogens is 1. The Kier molecular flexibility index (Phi) is 9.44. The van der Waals surface area contributed by atoms with E-state index in [4.69, 9.17) is 13.9 Å². The number of alkyl halides is 1. The molecule has 0 aromatic carbocycles. The Morgan fingerprint density at radius 2 is 1.58 bits per heavy atom. The molecule has 0 radical (unpaired) electrons. The van der Waals surface area contributed by atoms with Crippen LogP contribution in [0.25, 0.3) is 0 Å². The van der Waals surface area contributed by atoms with E-state index in [0.29, 0.717) is 13.0 Å². The summed E-state index contributed by atoms with van der Waals surface area (Å²) >= 11 is 0. The molecule has 1 aliphatic rings. The van der Waals surface area contributed by atoms with Gasteiger partial charge >= 0.3 is 12.2 Å². The maximum atomic E-state index is 15.6. The summed E-state index contributed by atoms with van der Waals surface area (Å²) in [5, 5.41) is 2.59. The van der Waals surface area contributed by atoms with Crippen molar-refractivity contribution >= 4 is 21.2 Å². The predicted octanol–water partition coefficient (Wildman–Crippen LogP) is 5.63. The second-order valence-electron chi connectivity index (χ2n) is 12.6. The van der Waals surface area contributed by atoms with Gasteiger partial charge in [0.2, 0.25) is 0 Å². The van der Waals surface area contributed by atoms with Crippen LogP contribution in [0.4, 0.5) is 14.0 Å². The number of hydrogen-bond donors (Lipinski definition) is 1. The van der Waals surface area contributed by atoms with Crippen molar-refractivity contribution in [3.8, 4) is 0 Å². The fraction of sp³-hybridized carbons (Fsp3) is 0.917. The van der Waals surface area contributed by atoms with Crippen LogP contribution in [-0.4, -0.2) is 61.8 Å². The van der Waals surface area contributed by atoms with E-state index >= 15 is 4.39 Å². The number of rotatable bonds is 6. The zero-order valence-electron chi connectivity index (χ0n) is 22.8. The van der Waals surface area contributed by atoms with Gasteiger partial charge in [-0.2, -0.15) is 0 Å². The summed E-state index contributed by atoms with van der Waals surface area (Å²) < 4.78 is 33.0. The van der Waals surface area contributed by atoms with Gasteiger partial charge in [0.15, 0.2) is 9.04 Å². The third kappa shape index (κ3) is 9.43. The van der Waals surface area contributed by atoms with E-state index in [1.807, 2.05) is 33.9 Å². The van der Waals surface area contributed by atoms with Crippen molar-refractivity contribution in [1.29, 1.82) is 0 Å². The van der Waals surface area contributed by atoms with Crippen molar-refractivity contribution in [1.82, 2.24) is 10.2 Å². The summed E-state index contributed by atoms with van der Waals surface area (Å²) in [7, 11) is -1.68. The van der Waals surface area contributed by atoms with Crippen molar-refractivity contribution < 1.29 is 27.9 Å². The van der Waals surface area contributed by atoms with Crippen LogP contribution in [0.5, 0.6) is 0 Å². The Balaban J connectivity index is 3.22. The number of amides is 2. The topological polar surface area (TPSA) is 77.1 Å². The Hall–Kier alpha value is -1.35. The van der Waals surface area contributed by atoms with E-state index in [1.165, 1.54) is 0 Å². The van der Waals surface area contributed by atoms with Gasteiger partial charge in [-0.15, -0.1) is 0 Å². The van der Waals surface area contributed by atoms with Gasteiger partial charge in [0.1, 0.15) is 23.1 Å². The van der Waals surface area contributed by atoms with E-state index in [1.54, 1.807) is 32.6 Å². The fourth-order valence-corrected chi connectivity index (χ4v) is 5.14. The molecule has 194 valence electrons. The lowest BCUT2D eigenvalue weighted by molar-refractivity contribution is -0.0858. The van der Waals surface area contributed by atoms with Gasteiger partial charge in [0, 0.05) is 13.0 Å². The van der Waals surface area contributed by atoms with Gasteiger partial charge in [0.25, 0.3) is 0 Å². The molecule has 1 saturated heterocycles. The van der Waals surface area contributed by atoms with Crippen LogP contribution in [0.1, 0.15) is 82.1 Å². The molecule has 0 aliphatic carbocycles. The summed E-state index contributed by atoms with van der Waals surface area (Å²) in [5.74, 6) is 0.110. The molecule has 9 heteroatoms. The maximum Gasteiger partial charge on any atom is 0.412 e. The highest BCUT2D eigenvalue weighted by Gasteiger charge is 2.54. The van der Waals surface area contributed by atoms with E-state index in [0.717, 1.165) is 0 Å². The van der Waals surface area contributed by atoms with E-state index in [2.05, 4.69) is 26.1 Å². The molecule has 1 N–H and O–H groups in total. The third-order valence-electron chi connectivity index (χ3n) is 5.55. The first-order chi connectivity index (χ1) is 14.7. The smallest absolute Gasteiger partial charge is 0.412 e. The number of carbonyl (C=O) groups excluding carboxylic acids is 2. The van der Waals surface area contributed by atoms with Crippen molar-refractivity contribution in [3.63, 3.8) is 0 Å². The fourth-order valence-electron chi connectivity index (χ4n) is 3.94. The molecule has 0 aromatic rings. The molecule has 2 amide bonds. The zero-order chi connectivity index (χ0) is 26.0. The van der Waals surface area contributed by atoms with Crippen molar-refractivity contribution in [2.24, 2.45) is 11.3 Å². The highest BCUT2D eigenvalue weighted by molar-refractivity contribution is 6.48. The summed E-state index contributed by atoms with van der Waals surface area (Å²) in [6.07, 6.45) is -2.16. The van der Waals surface area contributed by atoms with Gasteiger partial charge in [0.05, 0.1) is 6.04 Å².